The Kier molecular flexibility index (Phi) is 2.47. The number of furan rings is 1. The highest BCUT2D eigenvalue weighted by Gasteiger charge is 2.47. The van der Waals surface area contributed by atoms with Gasteiger partial charge in [-0.1, -0.05) is 0 Å². The number of rotatable bonds is 1. The third-order valence-electron chi connectivity index (χ3n) is 4.44. The van der Waals surface area contributed by atoms with Crippen molar-refractivity contribution in [2.24, 2.45) is 5.41 Å². The molecule has 1 aromatic heterocycles. The van der Waals surface area contributed by atoms with E-state index >= 15 is 0 Å². The van der Waals surface area contributed by atoms with Crippen LogP contribution < -0.4 is 0 Å². The summed E-state index contributed by atoms with van der Waals surface area (Å²) in [7, 11) is 0. The van der Waals surface area contributed by atoms with Crippen LogP contribution in [0.3, 0.4) is 0 Å². The average molecular weight is 235 g/mol. The molecule has 2 heterocycles. The summed E-state index contributed by atoms with van der Waals surface area (Å²) in [6.07, 6.45) is 6.76. The highest BCUT2D eigenvalue weighted by Crippen LogP contribution is 2.49. The Morgan fingerprint density at radius 3 is 2.65 bits per heavy atom. The Morgan fingerprint density at radius 1 is 1.41 bits per heavy atom. The minimum atomic E-state index is -0.145. The maximum Gasteiger partial charge on any atom is 0.257 e. The fourth-order valence-electron chi connectivity index (χ4n) is 2.99. The molecule has 92 valence electrons. The van der Waals surface area contributed by atoms with E-state index in [0.29, 0.717) is 5.56 Å². The molecular formula is C13H17NO3. The molecule has 0 aromatic carbocycles. The summed E-state index contributed by atoms with van der Waals surface area (Å²) in [5, 5.41) is 9.81. The van der Waals surface area contributed by atoms with Crippen LogP contribution in [0.25, 0.3) is 0 Å². The number of nitrogens with zero attached hydrogens (tertiary/aromatic N) is 1. The first-order chi connectivity index (χ1) is 8.21. The van der Waals surface area contributed by atoms with E-state index in [1.54, 1.807) is 6.07 Å². The SMILES string of the molecule is O=C(c1ccoc1)N1CCC2(CCC2O)CC1. The molecule has 1 spiro atoms. The standard InChI is InChI=1S/C13H17NO3/c15-11-1-3-13(11)4-6-14(7-5-13)12(16)10-2-8-17-9-10/h2,8-9,11,15H,1,3-7H2. The Balaban J connectivity index is 1.64. The number of aliphatic hydroxyl groups is 1. The Labute approximate surface area is 100 Å². The predicted octanol–water partition coefficient (Wildman–Crippen LogP) is 1.66. The zero-order valence-corrected chi connectivity index (χ0v) is 9.76. The summed E-state index contributed by atoms with van der Waals surface area (Å²) >= 11 is 0. The molecule has 2 fully saturated rings. The molecule has 1 saturated heterocycles. The number of likely N-dealkylation sites (tertiary alicyclic amines) is 1. The maximum atomic E-state index is 12.1. The monoisotopic (exact) mass is 235 g/mol. The molecule has 0 radical (unpaired) electrons. The van der Waals surface area contributed by atoms with Crippen LogP contribution in [-0.2, 0) is 0 Å². The summed E-state index contributed by atoms with van der Waals surface area (Å²) in [5.41, 5.74) is 0.739. The summed E-state index contributed by atoms with van der Waals surface area (Å²) in [6, 6.07) is 1.70. The van der Waals surface area contributed by atoms with Gasteiger partial charge < -0.3 is 14.4 Å². The van der Waals surface area contributed by atoms with Gasteiger partial charge in [-0.05, 0) is 37.2 Å². The number of hydrogen-bond acceptors (Lipinski definition) is 3. The van der Waals surface area contributed by atoms with Gasteiger partial charge >= 0.3 is 0 Å². The number of aliphatic hydroxyl groups excluding tert-OH is 1. The van der Waals surface area contributed by atoms with E-state index in [1.165, 1.54) is 12.5 Å². The van der Waals surface area contributed by atoms with Gasteiger partial charge in [0.25, 0.3) is 5.91 Å². The third kappa shape index (κ3) is 1.67. The smallest absolute Gasteiger partial charge is 0.257 e. The number of carbonyl (C=O) groups excluding carboxylic acids is 1. The molecule has 1 unspecified atom stereocenters. The Bertz CT molecular complexity index is 404. The van der Waals surface area contributed by atoms with E-state index in [9.17, 15) is 9.90 Å². The molecule has 17 heavy (non-hydrogen) atoms. The van der Waals surface area contributed by atoms with Gasteiger partial charge in [0, 0.05) is 13.1 Å². The van der Waals surface area contributed by atoms with Crippen LogP contribution >= 0.6 is 0 Å². The minimum Gasteiger partial charge on any atom is -0.472 e. The van der Waals surface area contributed by atoms with Crippen molar-refractivity contribution in [2.45, 2.75) is 31.8 Å². The average Bonchev–Trinajstić information content (AvgIpc) is 2.90. The maximum absolute atomic E-state index is 12.1. The van der Waals surface area contributed by atoms with Gasteiger partial charge in [-0.2, -0.15) is 0 Å². The molecule has 2 aliphatic rings. The largest absolute Gasteiger partial charge is 0.472 e. The molecule has 1 saturated carbocycles. The lowest BCUT2D eigenvalue weighted by molar-refractivity contribution is -0.0952. The zero-order valence-electron chi connectivity index (χ0n) is 9.76. The van der Waals surface area contributed by atoms with Crippen molar-refractivity contribution in [3.05, 3.63) is 24.2 Å². The van der Waals surface area contributed by atoms with E-state index < -0.39 is 0 Å². The topological polar surface area (TPSA) is 53.7 Å². The van der Waals surface area contributed by atoms with E-state index in [-0.39, 0.29) is 17.4 Å². The Hall–Kier alpha value is -1.29. The first-order valence-corrected chi connectivity index (χ1v) is 6.21. The van der Waals surface area contributed by atoms with Crippen molar-refractivity contribution in [1.29, 1.82) is 0 Å². The molecule has 1 aliphatic heterocycles. The molecule has 0 bridgehead atoms. The van der Waals surface area contributed by atoms with Crippen LogP contribution in [-0.4, -0.2) is 35.1 Å². The number of piperidine rings is 1. The Morgan fingerprint density at radius 2 is 2.18 bits per heavy atom. The van der Waals surface area contributed by atoms with Gasteiger partial charge in [0.1, 0.15) is 6.26 Å². The van der Waals surface area contributed by atoms with Crippen LogP contribution in [0.15, 0.2) is 23.0 Å². The summed E-state index contributed by atoms with van der Waals surface area (Å²) in [5.74, 6) is 0.0439. The molecule has 1 aromatic rings. The molecule has 1 N–H and O–H groups in total. The van der Waals surface area contributed by atoms with Gasteiger partial charge in [-0.25, -0.2) is 0 Å². The van der Waals surface area contributed by atoms with E-state index in [0.717, 1.165) is 38.8 Å². The predicted molar refractivity (Wildman–Crippen MR) is 61.5 cm³/mol. The molecule has 3 rings (SSSR count). The lowest BCUT2D eigenvalue weighted by Crippen LogP contribution is -2.53. The zero-order chi connectivity index (χ0) is 11.9. The van der Waals surface area contributed by atoms with Gasteiger partial charge in [0.05, 0.1) is 17.9 Å². The van der Waals surface area contributed by atoms with Gasteiger partial charge in [-0.15, -0.1) is 0 Å². The molecule has 4 nitrogen and oxygen atoms in total. The highest BCUT2D eigenvalue weighted by molar-refractivity contribution is 5.93. The highest BCUT2D eigenvalue weighted by atomic mass is 16.3. The van der Waals surface area contributed by atoms with Gasteiger partial charge in [0.2, 0.25) is 0 Å². The molecule has 1 atom stereocenters. The lowest BCUT2D eigenvalue weighted by atomic mass is 9.61. The fraction of sp³-hybridized carbons (Fsp3) is 0.615. The molecule has 4 heteroatoms. The van der Waals surface area contributed by atoms with E-state index in [2.05, 4.69) is 0 Å². The molecular weight excluding hydrogens is 218 g/mol. The quantitative estimate of drug-likeness (QED) is 0.805. The summed E-state index contributed by atoms with van der Waals surface area (Å²) in [4.78, 5) is 13.9. The minimum absolute atomic E-state index is 0.0439. The lowest BCUT2D eigenvalue weighted by Gasteiger charge is -2.51. The van der Waals surface area contributed by atoms with Gasteiger partial charge in [-0.3, -0.25) is 4.79 Å². The van der Waals surface area contributed by atoms with Crippen LogP contribution in [0.5, 0.6) is 0 Å². The van der Waals surface area contributed by atoms with Crippen LogP contribution in [0.4, 0.5) is 0 Å². The second-order valence-electron chi connectivity index (χ2n) is 5.22. The second-order valence-corrected chi connectivity index (χ2v) is 5.22. The summed E-state index contributed by atoms with van der Waals surface area (Å²) < 4.78 is 4.93. The van der Waals surface area contributed by atoms with E-state index in [4.69, 9.17) is 4.42 Å². The van der Waals surface area contributed by atoms with Crippen molar-refractivity contribution >= 4 is 5.91 Å². The third-order valence-corrected chi connectivity index (χ3v) is 4.44. The van der Waals surface area contributed by atoms with Gasteiger partial charge in [0.15, 0.2) is 0 Å². The van der Waals surface area contributed by atoms with Crippen LogP contribution in [0.1, 0.15) is 36.0 Å². The van der Waals surface area contributed by atoms with Crippen molar-refractivity contribution in [3.8, 4) is 0 Å². The fourth-order valence-corrected chi connectivity index (χ4v) is 2.99. The second kappa shape index (κ2) is 3.88. The molecule has 1 amide bonds. The van der Waals surface area contributed by atoms with Crippen molar-refractivity contribution in [2.75, 3.05) is 13.1 Å². The van der Waals surface area contributed by atoms with Crippen molar-refractivity contribution in [3.63, 3.8) is 0 Å². The number of hydrogen-bond donors (Lipinski definition) is 1. The van der Waals surface area contributed by atoms with Crippen LogP contribution in [0.2, 0.25) is 0 Å². The number of amides is 1. The number of carbonyl (C=O) groups is 1. The van der Waals surface area contributed by atoms with Crippen molar-refractivity contribution in [1.82, 2.24) is 4.90 Å². The molecule has 1 aliphatic carbocycles. The normalized spacial score (nSPS) is 26.9. The first kappa shape index (κ1) is 10.8. The van der Waals surface area contributed by atoms with Crippen LogP contribution in [0, 0.1) is 5.41 Å². The van der Waals surface area contributed by atoms with E-state index in [1.807, 2.05) is 4.90 Å². The summed E-state index contributed by atoms with van der Waals surface area (Å²) in [6.45, 7) is 1.50. The first-order valence-electron chi connectivity index (χ1n) is 6.21. The van der Waals surface area contributed by atoms with Crippen molar-refractivity contribution < 1.29 is 14.3 Å².